The zero-order valence-corrected chi connectivity index (χ0v) is 16.8. The molecular formula is C23H34FN. The van der Waals surface area contributed by atoms with Crippen molar-refractivity contribution >= 4 is 5.57 Å². The second kappa shape index (κ2) is 9.60. The van der Waals surface area contributed by atoms with E-state index in [1.165, 1.54) is 24.1 Å². The third-order valence-electron chi connectivity index (χ3n) is 4.14. The molecule has 0 aliphatic heterocycles. The molecule has 0 atom stereocenters. The lowest BCUT2D eigenvalue weighted by atomic mass is 9.96. The summed E-state index contributed by atoms with van der Waals surface area (Å²) >= 11 is 0. The Morgan fingerprint density at radius 3 is 2.48 bits per heavy atom. The van der Waals surface area contributed by atoms with E-state index in [4.69, 9.17) is 0 Å². The maximum absolute atomic E-state index is 13.9. The summed E-state index contributed by atoms with van der Waals surface area (Å²) in [6, 6.07) is 8.02. The molecule has 2 heteroatoms. The highest BCUT2D eigenvalue weighted by Gasteiger charge is 2.16. The molecule has 25 heavy (non-hydrogen) atoms. The largest absolute Gasteiger partial charge is 0.375 e. The molecule has 0 spiro atoms. The van der Waals surface area contributed by atoms with Gasteiger partial charge in [-0.15, -0.1) is 0 Å². The molecule has 0 unspecified atom stereocenters. The van der Waals surface area contributed by atoms with Crippen LogP contribution in [0.2, 0.25) is 0 Å². The molecule has 1 aromatic carbocycles. The Morgan fingerprint density at radius 1 is 1.24 bits per heavy atom. The number of hydrogen-bond acceptors (Lipinski definition) is 1. The van der Waals surface area contributed by atoms with Crippen LogP contribution in [-0.2, 0) is 6.42 Å². The van der Waals surface area contributed by atoms with Crippen LogP contribution < -0.4 is 0 Å². The normalized spacial score (nSPS) is 11.6. The quantitative estimate of drug-likeness (QED) is 0.458. The highest BCUT2D eigenvalue weighted by atomic mass is 19.1. The minimum Gasteiger partial charge on any atom is -0.375 e. The van der Waals surface area contributed by atoms with Gasteiger partial charge in [0.15, 0.2) is 0 Å². The Labute approximate surface area is 153 Å². The summed E-state index contributed by atoms with van der Waals surface area (Å²) in [5, 5.41) is 0. The molecule has 0 amide bonds. The van der Waals surface area contributed by atoms with E-state index in [2.05, 4.69) is 51.4 Å². The summed E-state index contributed by atoms with van der Waals surface area (Å²) in [6.45, 7) is 14.9. The van der Waals surface area contributed by atoms with E-state index in [0.717, 1.165) is 23.2 Å². The summed E-state index contributed by atoms with van der Waals surface area (Å²) in [7, 11) is 2.13. The predicted molar refractivity (Wildman–Crippen MR) is 109 cm³/mol. The van der Waals surface area contributed by atoms with Gasteiger partial charge in [-0.25, -0.2) is 4.39 Å². The van der Waals surface area contributed by atoms with Crippen molar-refractivity contribution in [3.8, 4) is 0 Å². The Bertz CT molecular complexity index is 628. The molecule has 0 aromatic heterocycles. The van der Waals surface area contributed by atoms with Crippen LogP contribution in [0.3, 0.4) is 0 Å². The fourth-order valence-corrected chi connectivity index (χ4v) is 2.83. The maximum atomic E-state index is 13.9. The van der Waals surface area contributed by atoms with Crippen LogP contribution in [0, 0.1) is 0 Å². The zero-order valence-electron chi connectivity index (χ0n) is 16.8. The Hall–Kier alpha value is -1.83. The monoisotopic (exact) mass is 343 g/mol. The fraction of sp³-hybridized carbons (Fsp3) is 0.478. The minimum atomic E-state index is -1.20. The van der Waals surface area contributed by atoms with E-state index in [9.17, 15) is 4.39 Å². The van der Waals surface area contributed by atoms with Gasteiger partial charge in [0.1, 0.15) is 5.67 Å². The second-order valence-electron chi connectivity index (χ2n) is 7.61. The average Bonchev–Trinajstić information content (AvgIpc) is 2.51. The van der Waals surface area contributed by atoms with Crippen LogP contribution in [0.4, 0.5) is 4.39 Å². The SMILES string of the molecule is C=C(/C=C\C(=C(C)C)N(C)CCCC)c1cccc(CC(C)(C)F)c1. The van der Waals surface area contributed by atoms with E-state index in [1.807, 2.05) is 24.3 Å². The molecule has 0 aliphatic carbocycles. The minimum absolute atomic E-state index is 0.414. The van der Waals surface area contributed by atoms with E-state index >= 15 is 0 Å². The van der Waals surface area contributed by atoms with Gasteiger partial charge in [0.25, 0.3) is 0 Å². The molecule has 138 valence electrons. The summed E-state index contributed by atoms with van der Waals surface area (Å²) in [5.41, 5.74) is 4.31. The van der Waals surface area contributed by atoms with Crippen molar-refractivity contribution in [1.29, 1.82) is 0 Å². The average molecular weight is 344 g/mol. The molecule has 0 heterocycles. The summed E-state index contributed by atoms with van der Waals surface area (Å²) in [6.07, 6.45) is 6.98. The first-order valence-corrected chi connectivity index (χ1v) is 9.18. The molecule has 0 N–H and O–H groups in total. The number of hydrogen-bond donors (Lipinski definition) is 0. The van der Waals surface area contributed by atoms with Crippen LogP contribution in [0.15, 0.2) is 54.3 Å². The first-order chi connectivity index (χ1) is 11.6. The lowest BCUT2D eigenvalue weighted by Gasteiger charge is -2.22. The number of benzene rings is 1. The fourth-order valence-electron chi connectivity index (χ4n) is 2.83. The van der Waals surface area contributed by atoms with Gasteiger partial charge in [-0.2, -0.15) is 0 Å². The molecule has 1 aromatic rings. The highest BCUT2D eigenvalue weighted by Crippen LogP contribution is 2.22. The molecule has 1 nitrogen and oxygen atoms in total. The topological polar surface area (TPSA) is 3.24 Å². The molecule has 1 rings (SSSR count). The summed E-state index contributed by atoms with van der Waals surface area (Å²) < 4.78 is 13.9. The van der Waals surface area contributed by atoms with Crippen LogP contribution in [0.1, 0.15) is 58.6 Å². The molecule has 0 bridgehead atoms. The van der Waals surface area contributed by atoms with Gasteiger partial charge in [0, 0.05) is 25.7 Å². The molecule has 0 saturated carbocycles. The van der Waals surface area contributed by atoms with Crippen molar-refractivity contribution < 1.29 is 4.39 Å². The number of unbranched alkanes of at least 4 members (excludes halogenated alkanes) is 1. The van der Waals surface area contributed by atoms with Gasteiger partial charge in [-0.1, -0.05) is 55.8 Å². The van der Waals surface area contributed by atoms with Crippen LogP contribution in [0.25, 0.3) is 5.57 Å². The molecule has 0 fully saturated rings. The smallest absolute Gasteiger partial charge is 0.109 e. The first-order valence-electron chi connectivity index (χ1n) is 9.18. The van der Waals surface area contributed by atoms with E-state index < -0.39 is 5.67 Å². The van der Waals surface area contributed by atoms with Gasteiger partial charge in [0.2, 0.25) is 0 Å². The van der Waals surface area contributed by atoms with Crippen molar-refractivity contribution in [3.63, 3.8) is 0 Å². The summed E-state index contributed by atoms with van der Waals surface area (Å²) in [4.78, 5) is 2.30. The molecule has 0 radical (unpaired) electrons. The van der Waals surface area contributed by atoms with E-state index in [1.54, 1.807) is 13.8 Å². The number of halogens is 1. The predicted octanol–water partition coefficient (Wildman–Crippen LogP) is 6.57. The third-order valence-corrected chi connectivity index (χ3v) is 4.14. The maximum Gasteiger partial charge on any atom is 0.109 e. The summed E-state index contributed by atoms with van der Waals surface area (Å²) in [5.74, 6) is 0. The van der Waals surface area contributed by atoms with Crippen LogP contribution in [-0.4, -0.2) is 24.2 Å². The van der Waals surface area contributed by atoms with Crippen LogP contribution in [0.5, 0.6) is 0 Å². The van der Waals surface area contributed by atoms with Gasteiger partial charge >= 0.3 is 0 Å². The standard InChI is InChI=1S/C23H34FN/c1-8-9-15-25(7)22(18(2)3)14-13-19(4)21-12-10-11-20(16-21)17-23(5,6)24/h10-14,16H,4,8-9,15,17H2,1-3,5-7H3/b14-13-. The van der Waals surface area contributed by atoms with Gasteiger partial charge in [-0.05, 0) is 56.9 Å². The number of alkyl halides is 1. The van der Waals surface area contributed by atoms with Crippen LogP contribution >= 0.6 is 0 Å². The van der Waals surface area contributed by atoms with Crippen molar-refractivity contribution in [2.24, 2.45) is 0 Å². The van der Waals surface area contributed by atoms with Crippen molar-refractivity contribution in [3.05, 3.63) is 65.4 Å². The van der Waals surface area contributed by atoms with Crippen molar-refractivity contribution in [2.75, 3.05) is 13.6 Å². The van der Waals surface area contributed by atoms with E-state index in [0.29, 0.717) is 6.42 Å². The van der Waals surface area contributed by atoms with Crippen molar-refractivity contribution in [1.82, 2.24) is 4.90 Å². The molecule has 0 saturated heterocycles. The first kappa shape index (κ1) is 21.2. The van der Waals surface area contributed by atoms with Crippen molar-refractivity contribution in [2.45, 2.75) is 59.5 Å². The Balaban J connectivity index is 2.91. The third kappa shape index (κ3) is 7.72. The van der Waals surface area contributed by atoms with Gasteiger partial charge in [-0.3, -0.25) is 0 Å². The number of allylic oxidation sites excluding steroid dienone is 4. The lowest BCUT2D eigenvalue weighted by molar-refractivity contribution is 0.217. The van der Waals surface area contributed by atoms with E-state index in [-0.39, 0.29) is 0 Å². The molecule has 0 aliphatic rings. The Kier molecular flexibility index (Phi) is 8.15. The zero-order chi connectivity index (χ0) is 19.0. The van der Waals surface area contributed by atoms with Gasteiger partial charge < -0.3 is 4.90 Å². The lowest BCUT2D eigenvalue weighted by Crippen LogP contribution is -2.18. The highest BCUT2D eigenvalue weighted by molar-refractivity contribution is 5.72. The number of rotatable bonds is 9. The number of likely N-dealkylation sites (N-methyl/N-ethyl adjacent to an activating group) is 1. The van der Waals surface area contributed by atoms with Gasteiger partial charge in [0.05, 0.1) is 0 Å². The second-order valence-corrected chi connectivity index (χ2v) is 7.61. The number of nitrogens with zero attached hydrogens (tertiary/aromatic N) is 1. The Morgan fingerprint density at radius 2 is 1.92 bits per heavy atom. The molecular weight excluding hydrogens is 309 g/mol.